The summed E-state index contributed by atoms with van der Waals surface area (Å²) in [7, 11) is 1.59. The van der Waals surface area contributed by atoms with Gasteiger partial charge in [0.05, 0.1) is 11.6 Å². The summed E-state index contributed by atoms with van der Waals surface area (Å²) in [4.78, 5) is 28.8. The van der Waals surface area contributed by atoms with E-state index in [1.165, 1.54) is 0 Å². The monoisotopic (exact) mass is 586 g/mol. The Morgan fingerprint density at radius 1 is 1.03 bits per heavy atom. The molecule has 0 heterocycles. The van der Waals surface area contributed by atoms with Crippen LogP contribution in [0.4, 0.5) is 0 Å². The van der Waals surface area contributed by atoms with Gasteiger partial charge >= 0.3 is 0 Å². The summed E-state index contributed by atoms with van der Waals surface area (Å²) in [6.07, 6.45) is 1.14. The van der Waals surface area contributed by atoms with Crippen molar-refractivity contribution in [3.63, 3.8) is 0 Å². The molecule has 0 saturated heterocycles. The van der Waals surface area contributed by atoms with Crippen LogP contribution in [0.25, 0.3) is 0 Å². The van der Waals surface area contributed by atoms with Crippen LogP contribution in [0.5, 0.6) is 11.5 Å². The molecule has 0 aliphatic rings. The fraction of sp³-hybridized carbons (Fsp3) is 0.310. The summed E-state index contributed by atoms with van der Waals surface area (Å²) in [6.45, 7) is 3.93. The minimum atomic E-state index is -0.743. The van der Waals surface area contributed by atoms with Crippen molar-refractivity contribution in [1.29, 1.82) is 0 Å². The lowest BCUT2D eigenvalue weighted by molar-refractivity contribution is -0.143. The van der Waals surface area contributed by atoms with Gasteiger partial charge in [-0.15, -0.1) is 0 Å². The summed E-state index contributed by atoms with van der Waals surface area (Å²) in [5.74, 6) is 0.643. The molecule has 6 nitrogen and oxygen atoms in total. The predicted octanol–water partition coefficient (Wildman–Crippen LogP) is 6.04. The van der Waals surface area contributed by atoms with E-state index in [4.69, 9.17) is 21.1 Å². The number of benzene rings is 3. The van der Waals surface area contributed by atoms with Crippen molar-refractivity contribution < 1.29 is 19.1 Å². The van der Waals surface area contributed by atoms with Crippen LogP contribution in [-0.2, 0) is 22.6 Å². The average molecular weight is 588 g/mol. The number of ether oxygens (including phenoxy) is 2. The van der Waals surface area contributed by atoms with Crippen molar-refractivity contribution in [2.24, 2.45) is 0 Å². The van der Waals surface area contributed by atoms with E-state index in [9.17, 15) is 9.59 Å². The van der Waals surface area contributed by atoms with E-state index >= 15 is 0 Å². The largest absolute Gasteiger partial charge is 0.497 e. The first-order valence-corrected chi connectivity index (χ1v) is 13.3. The van der Waals surface area contributed by atoms with E-state index in [2.05, 4.69) is 21.2 Å². The molecule has 0 unspecified atom stereocenters. The number of rotatable bonds is 12. The quantitative estimate of drug-likeness (QED) is 0.280. The van der Waals surface area contributed by atoms with Crippen LogP contribution in [-0.4, -0.2) is 42.5 Å². The van der Waals surface area contributed by atoms with Crippen molar-refractivity contribution in [1.82, 2.24) is 10.2 Å². The topological polar surface area (TPSA) is 67.9 Å². The van der Waals surface area contributed by atoms with Crippen molar-refractivity contribution in [2.75, 3.05) is 13.7 Å². The van der Waals surface area contributed by atoms with Gasteiger partial charge in [-0.25, -0.2) is 0 Å². The van der Waals surface area contributed by atoms with Crippen LogP contribution in [0, 0.1) is 0 Å². The third-order valence-corrected chi connectivity index (χ3v) is 6.86. The Balaban J connectivity index is 1.94. The molecule has 2 amide bonds. The number of carbonyl (C=O) groups excluding carboxylic acids is 2. The highest BCUT2D eigenvalue weighted by atomic mass is 79.9. The Morgan fingerprint density at radius 2 is 1.76 bits per heavy atom. The summed E-state index contributed by atoms with van der Waals surface area (Å²) < 4.78 is 11.9. The Bertz CT molecular complexity index is 1190. The maximum absolute atomic E-state index is 13.7. The van der Waals surface area contributed by atoms with E-state index in [0.717, 1.165) is 17.5 Å². The van der Waals surface area contributed by atoms with Crippen LogP contribution >= 0.6 is 27.5 Å². The molecule has 3 rings (SSSR count). The SMILES string of the molecule is CC[C@H](C)NC(=O)[C@H](Cc1ccccc1)N(Cc1cccc(OC)c1)C(=O)COc1ccc(Cl)cc1Br. The van der Waals surface area contributed by atoms with Gasteiger partial charge in [0.25, 0.3) is 5.91 Å². The standard InChI is InChI=1S/C29H32BrClN2O4/c1-4-20(2)32-29(35)26(16-21-9-6-5-7-10-21)33(18-22-11-8-12-24(15-22)36-3)28(34)19-37-27-14-13-23(31)17-25(27)30/h5-15,17,20,26H,4,16,18-19H2,1-3H3,(H,32,35)/t20-,26-/m0/s1. The van der Waals surface area contributed by atoms with Crippen molar-refractivity contribution in [3.8, 4) is 11.5 Å². The molecule has 1 N–H and O–H groups in total. The molecular formula is C29H32BrClN2O4. The molecule has 0 saturated carbocycles. The third kappa shape index (κ3) is 8.51. The zero-order valence-corrected chi connectivity index (χ0v) is 23.6. The second-order valence-electron chi connectivity index (χ2n) is 8.76. The van der Waals surface area contributed by atoms with Crippen LogP contribution in [0.1, 0.15) is 31.4 Å². The summed E-state index contributed by atoms with van der Waals surface area (Å²) in [5.41, 5.74) is 1.80. The zero-order valence-electron chi connectivity index (χ0n) is 21.2. The van der Waals surface area contributed by atoms with Crippen molar-refractivity contribution in [2.45, 2.75) is 45.3 Å². The van der Waals surface area contributed by atoms with Gasteiger partial charge in [-0.3, -0.25) is 9.59 Å². The van der Waals surface area contributed by atoms with E-state index in [-0.39, 0.29) is 31.0 Å². The van der Waals surface area contributed by atoms with Crippen molar-refractivity contribution >= 4 is 39.3 Å². The molecule has 3 aromatic rings. The predicted molar refractivity (Wildman–Crippen MR) is 150 cm³/mol. The molecule has 0 aliphatic heterocycles. The Labute approximate surface area is 232 Å². The number of carbonyl (C=O) groups is 2. The van der Waals surface area contributed by atoms with Crippen molar-refractivity contribution in [3.05, 3.63) is 93.4 Å². The molecule has 2 atom stereocenters. The number of nitrogens with one attached hydrogen (secondary N) is 1. The average Bonchev–Trinajstić information content (AvgIpc) is 2.90. The lowest BCUT2D eigenvalue weighted by Crippen LogP contribution is -2.53. The minimum Gasteiger partial charge on any atom is -0.497 e. The smallest absolute Gasteiger partial charge is 0.261 e. The lowest BCUT2D eigenvalue weighted by Gasteiger charge is -2.32. The van der Waals surface area contributed by atoms with Gasteiger partial charge < -0.3 is 19.7 Å². The molecule has 3 aromatic carbocycles. The van der Waals surface area contributed by atoms with Crippen LogP contribution < -0.4 is 14.8 Å². The molecule has 8 heteroatoms. The van der Waals surface area contributed by atoms with E-state index < -0.39 is 6.04 Å². The number of hydrogen-bond acceptors (Lipinski definition) is 4. The molecule has 0 aromatic heterocycles. The van der Waals surface area contributed by atoms with E-state index in [0.29, 0.717) is 27.4 Å². The normalized spacial score (nSPS) is 12.4. The fourth-order valence-corrected chi connectivity index (χ4v) is 4.57. The van der Waals surface area contributed by atoms with Crippen LogP contribution in [0.2, 0.25) is 5.02 Å². The number of hydrogen-bond donors (Lipinski definition) is 1. The van der Waals surface area contributed by atoms with Gasteiger partial charge in [-0.2, -0.15) is 0 Å². The van der Waals surface area contributed by atoms with Crippen LogP contribution in [0.3, 0.4) is 0 Å². The van der Waals surface area contributed by atoms with Gasteiger partial charge in [-0.1, -0.05) is 61.0 Å². The maximum Gasteiger partial charge on any atom is 0.261 e. The van der Waals surface area contributed by atoms with Gasteiger partial charge in [0.15, 0.2) is 6.61 Å². The van der Waals surface area contributed by atoms with Gasteiger partial charge in [-0.05, 0) is 70.7 Å². The molecular weight excluding hydrogens is 556 g/mol. The summed E-state index contributed by atoms with van der Waals surface area (Å²) >= 11 is 9.46. The highest BCUT2D eigenvalue weighted by molar-refractivity contribution is 9.10. The molecule has 0 aliphatic carbocycles. The first kappa shape index (κ1) is 28.5. The number of methoxy groups -OCH3 is 1. The zero-order chi connectivity index (χ0) is 26.8. The number of nitrogens with zero attached hydrogens (tertiary/aromatic N) is 1. The molecule has 0 fully saturated rings. The maximum atomic E-state index is 13.7. The lowest BCUT2D eigenvalue weighted by atomic mass is 10.0. The van der Waals surface area contributed by atoms with Gasteiger partial charge in [0.1, 0.15) is 17.5 Å². The highest BCUT2D eigenvalue weighted by Crippen LogP contribution is 2.28. The summed E-state index contributed by atoms with van der Waals surface area (Å²) in [6, 6.07) is 21.5. The Hall–Kier alpha value is -3.03. The number of amides is 2. The molecule has 196 valence electrons. The minimum absolute atomic E-state index is 0.0270. The highest BCUT2D eigenvalue weighted by Gasteiger charge is 2.31. The molecule has 0 bridgehead atoms. The first-order valence-electron chi connectivity index (χ1n) is 12.1. The summed E-state index contributed by atoms with van der Waals surface area (Å²) in [5, 5.41) is 3.61. The first-order chi connectivity index (χ1) is 17.8. The number of halogens is 2. The molecule has 37 heavy (non-hydrogen) atoms. The second kappa shape index (κ2) is 14.1. The fourth-order valence-electron chi connectivity index (χ4n) is 3.78. The van der Waals surface area contributed by atoms with E-state index in [1.807, 2.05) is 68.4 Å². The third-order valence-electron chi connectivity index (χ3n) is 6.00. The Morgan fingerprint density at radius 3 is 2.43 bits per heavy atom. The van der Waals surface area contributed by atoms with Gasteiger partial charge in [0.2, 0.25) is 5.91 Å². The van der Waals surface area contributed by atoms with E-state index in [1.54, 1.807) is 30.2 Å². The van der Waals surface area contributed by atoms with Crippen LogP contribution in [0.15, 0.2) is 77.3 Å². The molecule has 0 spiro atoms. The molecule has 0 radical (unpaired) electrons. The van der Waals surface area contributed by atoms with Gasteiger partial charge in [0, 0.05) is 24.0 Å². The second-order valence-corrected chi connectivity index (χ2v) is 10.1. The Kier molecular flexibility index (Phi) is 10.8.